The van der Waals surface area contributed by atoms with Crippen LogP contribution in [0.25, 0.3) is 0 Å². The van der Waals surface area contributed by atoms with Crippen molar-refractivity contribution < 1.29 is 14.3 Å². The lowest BCUT2D eigenvalue weighted by Gasteiger charge is -2.16. The molecule has 0 aliphatic carbocycles. The average molecular weight is 366 g/mol. The van der Waals surface area contributed by atoms with Gasteiger partial charge < -0.3 is 15.0 Å². The highest BCUT2D eigenvalue weighted by Gasteiger charge is 2.33. The number of nitrogens with zero attached hydrogens (tertiary/aromatic N) is 1. The third-order valence-electron chi connectivity index (χ3n) is 4.95. The van der Waals surface area contributed by atoms with Gasteiger partial charge in [0.25, 0.3) is 0 Å². The molecule has 0 aromatic heterocycles. The van der Waals surface area contributed by atoms with Gasteiger partial charge in [0.2, 0.25) is 11.8 Å². The molecule has 27 heavy (non-hydrogen) atoms. The van der Waals surface area contributed by atoms with Crippen molar-refractivity contribution in [3.05, 3.63) is 65.7 Å². The lowest BCUT2D eigenvalue weighted by atomic mass is 10.1. The number of likely N-dealkylation sites (tertiary alicyclic amines) is 1. The van der Waals surface area contributed by atoms with Crippen molar-refractivity contribution >= 4 is 11.8 Å². The topological polar surface area (TPSA) is 58.6 Å². The van der Waals surface area contributed by atoms with E-state index in [0.717, 1.165) is 24.2 Å². The number of hydrogen-bond acceptors (Lipinski definition) is 3. The molecule has 5 nitrogen and oxygen atoms in total. The first-order valence-electron chi connectivity index (χ1n) is 9.38. The largest absolute Gasteiger partial charge is 0.497 e. The Kier molecular flexibility index (Phi) is 6.47. The Bertz CT molecular complexity index is 776. The molecule has 1 atom stereocenters. The van der Waals surface area contributed by atoms with Gasteiger partial charge in [-0.2, -0.15) is 0 Å². The summed E-state index contributed by atoms with van der Waals surface area (Å²) in [6, 6.07) is 17.9. The zero-order valence-corrected chi connectivity index (χ0v) is 15.7. The fourth-order valence-electron chi connectivity index (χ4n) is 3.37. The molecule has 1 fully saturated rings. The van der Waals surface area contributed by atoms with Gasteiger partial charge in [-0.1, -0.05) is 42.5 Å². The zero-order valence-electron chi connectivity index (χ0n) is 15.7. The van der Waals surface area contributed by atoms with Crippen LogP contribution in [0.1, 0.15) is 17.5 Å². The molecule has 0 bridgehead atoms. The molecule has 1 heterocycles. The second-order valence-electron chi connectivity index (χ2n) is 6.87. The van der Waals surface area contributed by atoms with E-state index in [1.165, 1.54) is 5.56 Å². The van der Waals surface area contributed by atoms with Gasteiger partial charge in [-0.3, -0.25) is 9.59 Å². The molecule has 1 aliphatic rings. The molecular weight excluding hydrogens is 340 g/mol. The van der Waals surface area contributed by atoms with E-state index in [0.29, 0.717) is 26.1 Å². The quantitative estimate of drug-likeness (QED) is 0.781. The number of rotatable bonds is 8. The van der Waals surface area contributed by atoms with Gasteiger partial charge >= 0.3 is 0 Å². The summed E-state index contributed by atoms with van der Waals surface area (Å²) in [5.74, 6) is 0.597. The Morgan fingerprint density at radius 2 is 1.89 bits per heavy atom. The highest BCUT2D eigenvalue weighted by Crippen LogP contribution is 2.19. The molecule has 1 aliphatic heterocycles. The minimum atomic E-state index is -0.251. The monoisotopic (exact) mass is 366 g/mol. The van der Waals surface area contributed by atoms with E-state index in [4.69, 9.17) is 4.74 Å². The van der Waals surface area contributed by atoms with Crippen LogP contribution in [0.5, 0.6) is 5.75 Å². The summed E-state index contributed by atoms with van der Waals surface area (Å²) in [6.45, 7) is 1.73. The summed E-state index contributed by atoms with van der Waals surface area (Å²) in [5, 5.41) is 2.97. The third-order valence-corrected chi connectivity index (χ3v) is 4.95. The molecule has 2 aromatic rings. The summed E-state index contributed by atoms with van der Waals surface area (Å²) in [4.78, 5) is 26.4. The van der Waals surface area contributed by atoms with Crippen molar-refractivity contribution in [3.8, 4) is 5.75 Å². The van der Waals surface area contributed by atoms with E-state index in [-0.39, 0.29) is 17.7 Å². The summed E-state index contributed by atoms with van der Waals surface area (Å²) in [5.41, 5.74) is 2.32. The second kappa shape index (κ2) is 9.21. The second-order valence-corrected chi connectivity index (χ2v) is 6.87. The van der Waals surface area contributed by atoms with Crippen molar-refractivity contribution in [2.75, 3.05) is 26.7 Å². The summed E-state index contributed by atoms with van der Waals surface area (Å²) < 4.78 is 5.21. The molecule has 0 radical (unpaired) electrons. The lowest BCUT2D eigenvalue weighted by Crippen LogP contribution is -2.34. The number of benzene rings is 2. The lowest BCUT2D eigenvalue weighted by molar-refractivity contribution is -0.129. The predicted molar refractivity (Wildman–Crippen MR) is 105 cm³/mol. The maximum Gasteiger partial charge on any atom is 0.225 e. The Morgan fingerprint density at radius 3 is 2.67 bits per heavy atom. The summed E-state index contributed by atoms with van der Waals surface area (Å²) in [6.07, 6.45) is 1.86. The first-order chi connectivity index (χ1) is 13.2. The molecular formula is C22H26N2O3. The van der Waals surface area contributed by atoms with Gasteiger partial charge in [-0.25, -0.2) is 0 Å². The SMILES string of the molecule is COc1cccc(CCNC(=O)C2CC(=O)N(CCc3ccccc3)C2)c1. The van der Waals surface area contributed by atoms with Gasteiger partial charge in [-0.15, -0.1) is 0 Å². The maximum atomic E-state index is 12.4. The number of hydrogen-bond donors (Lipinski definition) is 1. The number of amides is 2. The van der Waals surface area contributed by atoms with Crippen LogP contribution in [0.15, 0.2) is 54.6 Å². The molecule has 1 unspecified atom stereocenters. The molecule has 3 rings (SSSR count). The first kappa shape index (κ1) is 19.0. The number of ether oxygens (including phenoxy) is 1. The fraction of sp³-hybridized carbons (Fsp3) is 0.364. The van der Waals surface area contributed by atoms with Crippen molar-refractivity contribution in [2.24, 2.45) is 5.92 Å². The van der Waals surface area contributed by atoms with E-state index >= 15 is 0 Å². The van der Waals surface area contributed by atoms with E-state index < -0.39 is 0 Å². The van der Waals surface area contributed by atoms with Crippen LogP contribution in [0.2, 0.25) is 0 Å². The van der Waals surface area contributed by atoms with Crippen molar-refractivity contribution in [1.29, 1.82) is 0 Å². The molecule has 142 valence electrons. The summed E-state index contributed by atoms with van der Waals surface area (Å²) in [7, 11) is 1.64. The minimum absolute atomic E-state index is 0.0338. The predicted octanol–water partition coefficient (Wildman–Crippen LogP) is 2.45. The number of methoxy groups -OCH3 is 1. The number of carbonyl (C=O) groups excluding carboxylic acids is 2. The van der Waals surface area contributed by atoms with Crippen molar-refractivity contribution in [3.63, 3.8) is 0 Å². The van der Waals surface area contributed by atoms with Gasteiger partial charge in [0.1, 0.15) is 5.75 Å². The Morgan fingerprint density at radius 1 is 1.11 bits per heavy atom. The molecule has 5 heteroatoms. The number of nitrogens with one attached hydrogen (secondary N) is 1. The van der Waals surface area contributed by atoms with E-state index in [2.05, 4.69) is 17.4 Å². The normalized spacial score (nSPS) is 16.4. The molecule has 2 aromatic carbocycles. The third kappa shape index (κ3) is 5.33. The van der Waals surface area contributed by atoms with Crippen LogP contribution in [-0.4, -0.2) is 43.5 Å². The summed E-state index contributed by atoms with van der Waals surface area (Å²) >= 11 is 0. The van der Waals surface area contributed by atoms with Crippen molar-refractivity contribution in [1.82, 2.24) is 10.2 Å². The highest BCUT2D eigenvalue weighted by molar-refractivity contribution is 5.89. The maximum absolute atomic E-state index is 12.4. The zero-order chi connectivity index (χ0) is 19.1. The smallest absolute Gasteiger partial charge is 0.225 e. The Balaban J connectivity index is 1.43. The molecule has 1 N–H and O–H groups in total. The van der Waals surface area contributed by atoms with Gasteiger partial charge in [0.05, 0.1) is 13.0 Å². The van der Waals surface area contributed by atoms with Gasteiger partial charge in [0.15, 0.2) is 0 Å². The fourth-order valence-corrected chi connectivity index (χ4v) is 3.37. The van der Waals surface area contributed by atoms with E-state index in [9.17, 15) is 9.59 Å². The van der Waals surface area contributed by atoms with Crippen LogP contribution < -0.4 is 10.1 Å². The molecule has 0 saturated carbocycles. The minimum Gasteiger partial charge on any atom is -0.497 e. The van der Waals surface area contributed by atoms with Crippen LogP contribution in [0, 0.1) is 5.92 Å². The van der Waals surface area contributed by atoms with E-state index in [1.54, 1.807) is 12.0 Å². The Hall–Kier alpha value is -2.82. The Labute approximate surface area is 160 Å². The highest BCUT2D eigenvalue weighted by atomic mass is 16.5. The number of carbonyl (C=O) groups is 2. The molecule has 0 spiro atoms. The average Bonchev–Trinajstić information content (AvgIpc) is 3.08. The van der Waals surface area contributed by atoms with E-state index in [1.807, 2.05) is 42.5 Å². The van der Waals surface area contributed by atoms with Gasteiger partial charge in [-0.05, 0) is 36.1 Å². The van der Waals surface area contributed by atoms with Crippen molar-refractivity contribution in [2.45, 2.75) is 19.3 Å². The van der Waals surface area contributed by atoms with Gasteiger partial charge in [0, 0.05) is 26.1 Å². The molecule has 1 saturated heterocycles. The molecule has 2 amide bonds. The van der Waals surface area contributed by atoms with Crippen LogP contribution in [0.3, 0.4) is 0 Å². The van der Waals surface area contributed by atoms with Crippen LogP contribution in [-0.2, 0) is 22.4 Å². The van der Waals surface area contributed by atoms with Crippen LogP contribution >= 0.6 is 0 Å². The van der Waals surface area contributed by atoms with Crippen LogP contribution in [0.4, 0.5) is 0 Å². The first-order valence-corrected chi connectivity index (χ1v) is 9.38. The standard InChI is InChI=1S/C22H26N2O3/c1-27-20-9-5-8-18(14-20)10-12-23-22(26)19-15-21(25)24(16-19)13-11-17-6-3-2-4-7-17/h2-9,14,19H,10-13,15-16H2,1H3,(H,23,26).